The Kier molecular flexibility index (Phi) is 2.65. The number of aromatic nitrogens is 2. The Morgan fingerprint density at radius 1 is 1.64 bits per heavy atom. The molecule has 0 bridgehead atoms. The van der Waals surface area contributed by atoms with Gasteiger partial charge in [0, 0.05) is 13.6 Å². The second-order valence-corrected chi connectivity index (χ2v) is 2.70. The first-order chi connectivity index (χ1) is 5.29. The van der Waals surface area contributed by atoms with Gasteiger partial charge in [0.2, 0.25) is 0 Å². The lowest BCUT2D eigenvalue weighted by Gasteiger charge is -2.00. The molecule has 0 aliphatic heterocycles. The minimum Gasteiger partial charge on any atom is -0.336 e. The van der Waals surface area contributed by atoms with Crippen LogP contribution in [0.1, 0.15) is 24.7 Å². The van der Waals surface area contributed by atoms with Crippen LogP contribution in [0.15, 0.2) is 6.33 Å². The predicted molar refractivity (Wildman–Crippen MR) is 45.1 cm³/mol. The monoisotopic (exact) mass is 153 g/mol. The number of hydrogen-bond donors (Lipinski definition) is 1. The topological polar surface area (TPSA) is 43.8 Å². The summed E-state index contributed by atoms with van der Waals surface area (Å²) in [7, 11) is 1.98. The average molecular weight is 153 g/mol. The zero-order valence-electron chi connectivity index (χ0n) is 7.17. The fourth-order valence-electron chi connectivity index (χ4n) is 1.21. The maximum atomic E-state index is 5.57. The first-order valence-corrected chi connectivity index (χ1v) is 3.98. The van der Waals surface area contributed by atoms with Gasteiger partial charge >= 0.3 is 0 Å². The molecule has 0 saturated heterocycles. The molecule has 62 valence electrons. The summed E-state index contributed by atoms with van der Waals surface area (Å²) in [5.41, 5.74) is 7.87. The highest BCUT2D eigenvalue weighted by Crippen LogP contribution is 2.06. The van der Waals surface area contributed by atoms with Gasteiger partial charge in [0.25, 0.3) is 0 Å². The Hall–Kier alpha value is -0.830. The molecule has 0 unspecified atom stereocenters. The lowest BCUT2D eigenvalue weighted by molar-refractivity contribution is 0.796. The van der Waals surface area contributed by atoms with E-state index in [-0.39, 0.29) is 0 Å². The molecule has 1 aromatic heterocycles. The Bertz CT molecular complexity index is 227. The summed E-state index contributed by atoms with van der Waals surface area (Å²) in [6, 6.07) is 0. The van der Waals surface area contributed by atoms with Gasteiger partial charge in [0.05, 0.1) is 17.7 Å². The molecule has 3 heteroatoms. The average Bonchev–Trinajstić information content (AvgIpc) is 2.33. The molecule has 0 aliphatic rings. The van der Waals surface area contributed by atoms with Crippen LogP contribution in [0.25, 0.3) is 0 Å². The molecule has 0 aromatic carbocycles. The van der Waals surface area contributed by atoms with Gasteiger partial charge in [-0.05, 0) is 6.42 Å². The summed E-state index contributed by atoms with van der Waals surface area (Å²) >= 11 is 0. The van der Waals surface area contributed by atoms with Crippen molar-refractivity contribution in [2.45, 2.75) is 26.3 Å². The molecular weight excluding hydrogens is 138 g/mol. The lowest BCUT2D eigenvalue weighted by atomic mass is 10.2. The van der Waals surface area contributed by atoms with Crippen molar-refractivity contribution in [3.63, 3.8) is 0 Å². The molecule has 0 radical (unpaired) electrons. The third kappa shape index (κ3) is 1.60. The molecule has 1 heterocycles. The van der Waals surface area contributed by atoms with Crippen LogP contribution in [0.2, 0.25) is 0 Å². The zero-order valence-corrected chi connectivity index (χ0v) is 7.17. The van der Waals surface area contributed by atoms with Gasteiger partial charge in [-0.15, -0.1) is 0 Å². The standard InChI is InChI=1S/C8H15N3/c1-3-4-7-8(5-9)11(2)6-10-7/h6H,3-5,9H2,1-2H3. The smallest absolute Gasteiger partial charge is 0.0949 e. The largest absolute Gasteiger partial charge is 0.336 e. The van der Waals surface area contributed by atoms with Crippen LogP contribution < -0.4 is 5.73 Å². The van der Waals surface area contributed by atoms with E-state index in [4.69, 9.17) is 5.73 Å². The highest BCUT2D eigenvalue weighted by atomic mass is 15.0. The highest BCUT2D eigenvalue weighted by Gasteiger charge is 2.04. The van der Waals surface area contributed by atoms with E-state index < -0.39 is 0 Å². The van der Waals surface area contributed by atoms with Crippen molar-refractivity contribution in [3.8, 4) is 0 Å². The second-order valence-electron chi connectivity index (χ2n) is 2.70. The summed E-state index contributed by atoms with van der Waals surface area (Å²) in [6.45, 7) is 2.74. The number of nitrogens with two attached hydrogens (primary N) is 1. The van der Waals surface area contributed by atoms with Crippen LogP contribution in [-0.4, -0.2) is 9.55 Å². The third-order valence-corrected chi connectivity index (χ3v) is 1.83. The number of nitrogens with zero attached hydrogens (tertiary/aromatic N) is 2. The molecule has 0 amide bonds. The van der Waals surface area contributed by atoms with Crippen molar-refractivity contribution >= 4 is 0 Å². The van der Waals surface area contributed by atoms with Crippen LogP contribution in [0.4, 0.5) is 0 Å². The van der Waals surface area contributed by atoms with E-state index in [0.29, 0.717) is 6.54 Å². The van der Waals surface area contributed by atoms with E-state index in [1.54, 1.807) is 0 Å². The Morgan fingerprint density at radius 2 is 2.36 bits per heavy atom. The fraction of sp³-hybridized carbons (Fsp3) is 0.625. The summed E-state index contributed by atoms with van der Waals surface area (Å²) in [4.78, 5) is 4.26. The van der Waals surface area contributed by atoms with Gasteiger partial charge in [-0.2, -0.15) is 0 Å². The molecule has 2 N–H and O–H groups in total. The van der Waals surface area contributed by atoms with E-state index >= 15 is 0 Å². The molecular formula is C8H15N3. The van der Waals surface area contributed by atoms with Crippen LogP contribution in [0, 0.1) is 0 Å². The third-order valence-electron chi connectivity index (χ3n) is 1.83. The minimum absolute atomic E-state index is 0.589. The molecule has 1 rings (SSSR count). The molecule has 1 aromatic rings. The maximum Gasteiger partial charge on any atom is 0.0949 e. The summed E-state index contributed by atoms with van der Waals surface area (Å²) < 4.78 is 1.99. The number of rotatable bonds is 3. The van der Waals surface area contributed by atoms with Crippen molar-refractivity contribution in [2.24, 2.45) is 12.8 Å². The van der Waals surface area contributed by atoms with E-state index in [0.717, 1.165) is 24.2 Å². The van der Waals surface area contributed by atoms with Gasteiger partial charge in [0.15, 0.2) is 0 Å². The quantitative estimate of drug-likeness (QED) is 0.699. The van der Waals surface area contributed by atoms with Gasteiger partial charge in [-0.25, -0.2) is 4.98 Å². The van der Waals surface area contributed by atoms with Crippen molar-refractivity contribution in [3.05, 3.63) is 17.7 Å². The molecule has 0 fully saturated rings. The van der Waals surface area contributed by atoms with Crippen LogP contribution >= 0.6 is 0 Å². The molecule has 3 nitrogen and oxygen atoms in total. The molecule has 11 heavy (non-hydrogen) atoms. The Morgan fingerprint density at radius 3 is 2.91 bits per heavy atom. The van der Waals surface area contributed by atoms with Crippen molar-refractivity contribution in [2.75, 3.05) is 0 Å². The Balaban J connectivity index is 2.86. The van der Waals surface area contributed by atoms with Gasteiger partial charge in [0.1, 0.15) is 0 Å². The predicted octanol–water partition coefficient (Wildman–Crippen LogP) is 0.831. The van der Waals surface area contributed by atoms with Crippen LogP contribution in [-0.2, 0) is 20.0 Å². The molecule has 0 aliphatic carbocycles. The lowest BCUT2D eigenvalue weighted by Crippen LogP contribution is -2.05. The van der Waals surface area contributed by atoms with Crippen molar-refractivity contribution in [1.29, 1.82) is 0 Å². The van der Waals surface area contributed by atoms with Crippen LogP contribution in [0.5, 0.6) is 0 Å². The van der Waals surface area contributed by atoms with E-state index in [1.165, 1.54) is 0 Å². The number of imidazole rings is 1. The normalized spacial score (nSPS) is 10.5. The maximum absolute atomic E-state index is 5.57. The van der Waals surface area contributed by atoms with Gasteiger partial charge in [-0.1, -0.05) is 13.3 Å². The zero-order chi connectivity index (χ0) is 8.27. The first-order valence-electron chi connectivity index (χ1n) is 3.98. The minimum atomic E-state index is 0.589. The van der Waals surface area contributed by atoms with Crippen molar-refractivity contribution in [1.82, 2.24) is 9.55 Å². The summed E-state index contributed by atoms with van der Waals surface area (Å²) in [5.74, 6) is 0. The second kappa shape index (κ2) is 3.53. The van der Waals surface area contributed by atoms with E-state index in [2.05, 4.69) is 11.9 Å². The summed E-state index contributed by atoms with van der Waals surface area (Å²) in [5, 5.41) is 0. The van der Waals surface area contributed by atoms with Gasteiger partial charge in [-0.3, -0.25) is 0 Å². The highest BCUT2D eigenvalue weighted by molar-refractivity contribution is 5.12. The SMILES string of the molecule is CCCc1ncn(C)c1CN. The fourth-order valence-corrected chi connectivity index (χ4v) is 1.21. The van der Waals surface area contributed by atoms with Crippen LogP contribution in [0.3, 0.4) is 0 Å². The number of aryl methyl sites for hydroxylation is 2. The van der Waals surface area contributed by atoms with Gasteiger partial charge < -0.3 is 10.3 Å². The van der Waals surface area contributed by atoms with E-state index in [9.17, 15) is 0 Å². The first kappa shape index (κ1) is 8.27. The summed E-state index contributed by atoms with van der Waals surface area (Å²) in [6.07, 6.45) is 3.99. The molecule has 0 spiro atoms. The number of hydrogen-bond acceptors (Lipinski definition) is 2. The van der Waals surface area contributed by atoms with Crippen molar-refractivity contribution < 1.29 is 0 Å². The molecule has 0 atom stereocenters. The molecule has 0 saturated carbocycles. The Labute approximate surface area is 67.2 Å². The van der Waals surface area contributed by atoms with E-state index in [1.807, 2.05) is 17.9 Å².